The Morgan fingerprint density at radius 2 is 1.77 bits per heavy atom. The monoisotopic (exact) mass is 207 g/mol. The van der Waals surface area contributed by atoms with Gasteiger partial charge in [0, 0.05) is 25.3 Å². The Kier molecular flexibility index (Phi) is 6.53. The second kappa shape index (κ2) is 6.50. The minimum atomic E-state index is -2.12. The maximum absolute atomic E-state index is 8.82. The number of rotatable bonds is 7. The predicted molar refractivity (Wildman–Crippen MR) is 54.7 cm³/mol. The van der Waals surface area contributed by atoms with E-state index < -0.39 is 8.56 Å². The largest absolute Gasteiger partial charge is 0.395 e. The number of hydrogen-bond donors (Lipinski definition) is 2. The molecular formula is C8H21NO3Si. The van der Waals surface area contributed by atoms with E-state index in [1.807, 2.05) is 20.4 Å². The van der Waals surface area contributed by atoms with Gasteiger partial charge in [0.05, 0.1) is 6.61 Å². The first-order chi connectivity index (χ1) is 6.08. The van der Waals surface area contributed by atoms with Gasteiger partial charge in [0.15, 0.2) is 0 Å². The van der Waals surface area contributed by atoms with E-state index >= 15 is 0 Å². The van der Waals surface area contributed by atoms with Crippen molar-refractivity contribution in [2.24, 2.45) is 5.73 Å². The molecule has 0 fully saturated rings. The summed E-state index contributed by atoms with van der Waals surface area (Å²) < 4.78 is 11.1. The molecule has 0 aromatic carbocycles. The zero-order chi connectivity index (χ0) is 10.3. The smallest absolute Gasteiger partial charge is 0.336 e. The van der Waals surface area contributed by atoms with E-state index in [4.69, 9.17) is 19.7 Å². The molecule has 0 rings (SSSR count). The lowest BCUT2D eigenvalue weighted by Gasteiger charge is -2.27. The van der Waals surface area contributed by atoms with Crippen molar-refractivity contribution < 1.29 is 14.0 Å². The van der Waals surface area contributed by atoms with Crippen LogP contribution in [0.15, 0.2) is 0 Å². The summed E-state index contributed by atoms with van der Waals surface area (Å²) in [5.41, 5.74) is 5.64. The van der Waals surface area contributed by atoms with E-state index in [-0.39, 0.29) is 12.6 Å². The summed E-state index contributed by atoms with van der Waals surface area (Å²) in [4.78, 5) is 0. The summed E-state index contributed by atoms with van der Waals surface area (Å²) in [7, 11) is -2.12. The molecule has 0 aliphatic carbocycles. The number of nitrogens with two attached hydrogens (primary N) is 1. The predicted octanol–water partition coefficient (Wildman–Crippen LogP) is 0.451. The number of aliphatic hydroxyl groups excluding tert-OH is 1. The van der Waals surface area contributed by atoms with Crippen LogP contribution in [0, 0.1) is 0 Å². The first-order valence-corrected chi connectivity index (χ1v) is 7.24. The fraction of sp³-hybridized carbons (Fsp3) is 1.00. The summed E-state index contributed by atoms with van der Waals surface area (Å²) in [6.45, 7) is 7.13. The molecule has 1 atom stereocenters. The van der Waals surface area contributed by atoms with Crippen LogP contribution in [0.5, 0.6) is 0 Å². The van der Waals surface area contributed by atoms with Gasteiger partial charge in [0.2, 0.25) is 0 Å². The molecule has 0 saturated carbocycles. The zero-order valence-electron chi connectivity index (χ0n) is 8.75. The van der Waals surface area contributed by atoms with Crippen LogP contribution in [0.1, 0.15) is 13.8 Å². The second-order valence-electron chi connectivity index (χ2n) is 3.15. The molecule has 13 heavy (non-hydrogen) atoms. The normalized spacial score (nSPS) is 14.5. The van der Waals surface area contributed by atoms with Gasteiger partial charge in [-0.3, -0.25) is 0 Å². The molecule has 4 nitrogen and oxygen atoms in total. The molecule has 3 N–H and O–H groups in total. The molecule has 0 heterocycles. The topological polar surface area (TPSA) is 64.7 Å². The molecule has 0 aromatic rings. The van der Waals surface area contributed by atoms with E-state index in [1.165, 1.54) is 0 Å². The molecule has 5 heteroatoms. The number of hydrogen-bond acceptors (Lipinski definition) is 4. The van der Waals surface area contributed by atoms with Crippen molar-refractivity contribution in [2.75, 3.05) is 19.8 Å². The van der Waals surface area contributed by atoms with Gasteiger partial charge >= 0.3 is 8.56 Å². The molecule has 0 bridgehead atoms. The summed E-state index contributed by atoms with van der Waals surface area (Å²) >= 11 is 0. The minimum absolute atomic E-state index is 0.0112. The molecule has 0 amide bonds. The Morgan fingerprint density at radius 3 is 2.08 bits per heavy atom. The van der Waals surface area contributed by atoms with E-state index in [0.717, 1.165) is 0 Å². The molecule has 0 aliphatic heterocycles. The van der Waals surface area contributed by atoms with Crippen molar-refractivity contribution in [3.05, 3.63) is 0 Å². The van der Waals surface area contributed by atoms with Crippen LogP contribution in [0.25, 0.3) is 0 Å². The van der Waals surface area contributed by atoms with Gasteiger partial charge < -0.3 is 19.7 Å². The van der Waals surface area contributed by atoms with Crippen LogP contribution in [-0.4, -0.2) is 39.5 Å². The lowest BCUT2D eigenvalue weighted by atomic mass is 10.4. The van der Waals surface area contributed by atoms with Crippen molar-refractivity contribution in [1.82, 2.24) is 0 Å². The number of aliphatic hydroxyl groups is 1. The second-order valence-corrected chi connectivity index (χ2v) is 6.40. The van der Waals surface area contributed by atoms with Gasteiger partial charge in [-0.15, -0.1) is 0 Å². The molecule has 0 aromatic heterocycles. The van der Waals surface area contributed by atoms with Crippen molar-refractivity contribution in [3.63, 3.8) is 0 Å². The van der Waals surface area contributed by atoms with Crippen LogP contribution < -0.4 is 5.73 Å². The minimum Gasteiger partial charge on any atom is -0.395 e. The Labute approximate surface area is 81.3 Å². The quantitative estimate of drug-likeness (QED) is 0.595. The third kappa shape index (κ3) is 5.38. The third-order valence-electron chi connectivity index (χ3n) is 1.77. The van der Waals surface area contributed by atoms with Crippen molar-refractivity contribution in [1.29, 1.82) is 0 Å². The molecule has 0 saturated heterocycles. The maximum atomic E-state index is 8.82. The van der Waals surface area contributed by atoms with E-state index in [1.54, 1.807) is 0 Å². The Bertz CT molecular complexity index is 129. The molecule has 0 radical (unpaired) electrons. The van der Waals surface area contributed by atoms with Gasteiger partial charge in [0.1, 0.15) is 0 Å². The Morgan fingerprint density at radius 1 is 1.31 bits per heavy atom. The molecule has 1 unspecified atom stereocenters. The van der Waals surface area contributed by atoms with Crippen LogP contribution in [0.4, 0.5) is 0 Å². The van der Waals surface area contributed by atoms with E-state index in [9.17, 15) is 0 Å². The van der Waals surface area contributed by atoms with Gasteiger partial charge in [-0.25, -0.2) is 0 Å². The highest BCUT2D eigenvalue weighted by molar-refractivity contribution is 6.66. The highest BCUT2D eigenvalue weighted by Crippen LogP contribution is 2.14. The highest BCUT2D eigenvalue weighted by Gasteiger charge is 2.32. The average Bonchev–Trinajstić information content (AvgIpc) is 2.04. The maximum Gasteiger partial charge on any atom is 0.336 e. The highest BCUT2D eigenvalue weighted by atomic mass is 28.4. The third-order valence-corrected chi connectivity index (χ3v) is 4.83. The summed E-state index contributed by atoms with van der Waals surface area (Å²) in [6, 6.07) is 0.417. The van der Waals surface area contributed by atoms with Gasteiger partial charge in [-0.2, -0.15) is 0 Å². The van der Waals surface area contributed by atoms with Gasteiger partial charge in [0.25, 0.3) is 0 Å². The van der Waals surface area contributed by atoms with Gasteiger partial charge in [-0.05, 0) is 20.4 Å². The van der Waals surface area contributed by atoms with E-state index in [2.05, 4.69) is 0 Å². The SMILES string of the molecule is CCO[Si](C)(CC(N)CO)OCC. The Hall–Kier alpha value is 0.0569. The molecular weight excluding hydrogens is 186 g/mol. The lowest BCUT2D eigenvalue weighted by molar-refractivity contribution is 0.180. The fourth-order valence-electron chi connectivity index (χ4n) is 1.31. The summed E-state index contributed by atoms with van der Waals surface area (Å²) in [6.07, 6.45) is 0. The Balaban J connectivity index is 4.05. The van der Waals surface area contributed by atoms with Crippen molar-refractivity contribution in [3.8, 4) is 0 Å². The van der Waals surface area contributed by atoms with Crippen LogP contribution in [0.2, 0.25) is 12.6 Å². The van der Waals surface area contributed by atoms with E-state index in [0.29, 0.717) is 19.3 Å². The van der Waals surface area contributed by atoms with Crippen molar-refractivity contribution in [2.45, 2.75) is 32.5 Å². The molecule has 0 aliphatic rings. The summed E-state index contributed by atoms with van der Waals surface area (Å²) in [5.74, 6) is 0. The summed E-state index contributed by atoms with van der Waals surface area (Å²) in [5, 5.41) is 8.82. The van der Waals surface area contributed by atoms with Crippen LogP contribution in [0.3, 0.4) is 0 Å². The standard InChI is InChI=1S/C8H21NO3Si/c1-4-11-13(3,12-5-2)7-8(9)6-10/h8,10H,4-7,9H2,1-3H3. The zero-order valence-corrected chi connectivity index (χ0v) is 9.75. The van der Waals surface area contributed by atoms with Crippen LogP contribution in [-0.2, 0) is 8.85 Å². The van der Waals surface area contributed by atoms with Gasteiger partial charge in [-0.1, -0.05) is 0 Å². The molecule has 80 valence electrons. The average molecular weight is 207 g/mol. The fourth-order valence-corrected chi connectivity index (χ4v) is 3.93. The first-order valence-electron chi connectivity index (χ1n) is 4.72. The molecule has 0 spiro atoms. The lowest BCUT2D eigenvalue weighted by Crippen LogP contribution is -2.45. The van der Waals surface area contributed by atoms with Crippen molar-refractivity contribution >= 4 is 8.56 Å². The van der Waals surface area contributed by atoms with Crippen LogP contribution >= 0.6 is 0 Å². The first kappa shape index (κ1) is 13.1.